The van der Waals surface area contributed by atoms with Crippen LogP contribution in [0.1, 0.15) is 31.9 Å². The molecule has 2 atom stereocenters. The summed E-state index contributed by atoms with van der Waals surface area (Å²) in [6, 6.07) is 5.44. The van der Waals surface area contributed by atoms with Gasteiger partial charge in [0.2, 0.25) is 0 Å². The highest BCUT2D eigenvalue weighted by atomic mass is 79.9. The second-order valence-electron chi connectivity index (χ2n) is 4.95. The van der Waals surface area contributed by atoms with E-state index in [1.54, 1.807) is 27.0 Å². The SMILES string of the molecule is CCOP(=O)(OCC)C1CC(c2ccc(Br)c(OC)c2)OC1=O. The van der Waals surface area contributed by atoms with Crippen molar-refractivity contribution in [3.8, 4) is 5.75 Å². The maximum absolute atomic E-state index is 12.8. The lowest BCUT2D eigenvalue weighted by Crippen LogP contribution is -2.18. The zero-order chi connectivity index (χ0) is 17.0. The Morgan fingerprint density at radius 1 is 1.30 bits per heavy atom. The van der Waals surface area contributed by atoms with Crippen molar-refractivity contribution < 1.29 is 27.9 Å². The molecule has 1 heterocycles. The van der Waals surface area contributed by atoms with Crippen molar-refractivity contribution in [3.63, 3.8) is 0 Å². The number of esters is 1. The lowest BCUT2D eigenvalue weighted by molar-refractivity contribution is -0.141. The van der Waals surface area contributed by atoms with E-state index < -0.39 is 25.3 Å². The second kappa shape index (κ2) is 7.79. The summed E-state index contributed by atoms with van der Waals surface area (Å²) >= 11 is 3.38. The number of ether oxygens (including phenoxy) is 2. The summed E-state index contributed by atoms with van der Waals surface area (Å²) in [5.74, 6) is 0.0851. The minimum Gasteiger partial charge on any atom is -0.496 e. The van der Waals surface area contributed by atoms with Crippen LogP contribution in [0.15, 0.2) is 22.7 Å². The maximum Gasteiger partial charge on any atom is 0.345 e. The molecular formula is C15H20BrO6P. The number of hydrogen-bond donors (Lipinski definition) is 0. The molecule has 128 valence electrons. The molecule has 0 aromatic heterocycles. The van der Waals surface area contributed by atoms with E-state index in [0.29, 0.717) is 5.75 Å². The fourth-order valence-electron chi connectivity index (χ4n) is 2.48. The van der Waals surface area contributed by atoms with Gasteiger partial charge in [0.15, 0.2) is 5.66 Å². The van der Waals surface area contributed by atoms with Gasteiger partial charge >= 0.3 is 13.6 Å². The van der Waals surface area contributed by atoms with Crippen LogP contribution in [0.2, 0.25) is 0 Å². The highest BCUT2D eigenvalue weighted by Gasteiger charge is 2.49. The Kier molecular flexibility index (Phi) is 6.26. The molecule has 1 aromatic rings. The Hall–Kier alpha value is -0.880. The molecule has 0 saturated carbocycles. The molecule has 1 aromatic carbocycles. The predicted molar refractivity (Wildman–Crippen MR) is 88.8 cm³/mol. The third-order valence-corrected chi connectivity index (χ3v) is 6.59. The molecule has 0 amide bonds. The highest BCUT2D eigenvalue weighted by molar-refractivity contribution is 9.10. The average molecular weight is 407 g/mol. The molecule has 0 bridgehead atoms. The summed E-state index contributed by atoms with van der Waals surface area (Å²) in [7, 11) is -1.96. The van der Waals surface area contributed by atoms with E-state index in [4.69, 9.17) is 18.5 Å². The highest BCUT2D eigenvalue weighted by Crippen LogP contribution is 2.58. The number of methoxy groups -OCH3 is 1. The van der Waals surface area contributed by atoms with Gasteiger partial charge in [0.25, 0.3) is 0 Å². The predicted octanol–water partition coefficient (Wildman–Crippen LogP) is 4.08. The summed E-state index contributed by atoms with van der Waals surface area (Å²) < 4.78 is 34.8. The molecule has 2 rings (SSSR count). The first-order valence-electron chi connectivity index (χ1n) is 7.37. The van der Waals surface area contributed by atoms with Crippen molar-refractivity contribution in [1.29, 1.82) is 0 Å². The molecule has 2 unspecified atom stereocenters. The minimum absolute atomic E-state index is 0.206. The fourth-order valence-corrected chi connectivity index (χ4v) is 4.81. The number of halogens is 1. The normalized spacial score (nSPS) is 21.3. The standard InChI is InChI=1S/C15H20BrO6P/c1-4-20-23(18,21-5-2)14-9-12(22-15(14)17)10-6-7-11(16)13(8-10)19-3/h6-8,12,14H,4-5,9H2,1-3H3. The zero-order valence-electron chi connectivity index (χ0n) is 13.3. The second-order valence-corrected chi connectivity index (χ2v) is 8.02. The number of carbonyl (C=O) groups excluding carboxylic acids is 1. The van der Waals surface area contributed by atoms with Gasteiger partial charge in [0, 0.05) is 6.42 Å². The molecule has 8 heteroatoms. The molecule has 1 fully saturated rings. The minimum atomic E-state index is -3.52. The average Bonchev–Trinajstić information content (AvgIpc) is 2.91. The molecule has 1 saturated heterocycles. The van der Waals surface area contributed by atoms with Crippen molar-refractivity contribution in [2.45, 2.75) is 32.0 Å². The number of carbonyl (C=O) groups is 1. The fraction of sp³-hybridized carbons (Fsp3) is 0.533. The van der Waals surface area contributed by atoms with Crippen molar-refractivity contribution >= 4 is 29.5 Å². The van der Waals surface area contributed by atoms with E-state index in [1.807, 2.05) is 12.1 Å². The van der Waals surface area contributed by atoms with Crippen molar-refractivity contribution in [2.75, 3.05) is 20.3 Å². The van der Waals surface area contributed by atoms with E-state index in [1.165, 1.54) is 0 Å². The van der Waals surface area contributed by atoms with Gasteiger partial charge in [-0.2, -0.15) is 0 Å². The van der Waals surface area contributed by atoms with Gasteiger partial charge in [0.05, 0.1) is 24.8 Å². The smallest absolute Gasteiger partial charge is 0.345 e. The maximum atomic E-state index is 12.8. The molecule has 0 radical (unpaired) electrons. The van der Waals surface area contributed by atoms with Crippen molar-refractivity contribution in [2.24, 2.45) is 0 Å². The topological polar surface area (TPSA) is 71.1 Å². The van der Waals surface area contributed by atoms with Crippen LogP contribution < -0.4 is 4.74 Å². The molecular weight excluding hydrogens is 387 g/mol. The first-order valence-corrected chi connectivity index (χ1v) is 9.78. The summed E-state index contributed by atoms with van der Waals surface area (Å²) in [5.41, 5.74) is -0.123. The molecule has 1 aliphatic rings. The number of benzene rings is 1. The van der Waals surface area contributed by atoms with E-state index in [-0.39, 0.29) is 19.6 Å². The van der Waals surface area contributed by atoms with E-state index in [2.05, 4.69) is 15.9 Å². The Balaban J connectivity index is 2.23. The lowest BCUT2D eigenvalue weighted by atomic mass is 10.1. The summed E-state index contributed by atoms with van der Waals surface area (Å²) in [4.78, 5) is 12.2. The van der Waals surface area contributed by atoms with Crippen LogP contribution in [0.25, 0.3) is 0 Å². The van der Waals surface area contributed by atoms with Gasteiger partial charge in [-0.25, -0.2) is 0 Å². The Morgan fingerprint density at radius 3 is 2.52 bits per heavy atom. The van der Waals surface area contributed by atoms with Crippen molar-refractivity contribution in [1.82, 2.24) is 0 Å². The van der Waals surface area contributed by atoms with Gasteiger partial charge in [-0.15, -0.1) is 0 Å². The molecule has 6 nitrogen and oxygen atoms in total. The van der Waals surface area contributed by atoms with E-state index >= 15 is 0 Å². The summed E-state index contributed by atoms with van der Waals surface area (Å²) in [6.45, 7) is 3.84. The van der Waals surface area contributed by atoms with Gasteiger partial charge in [0.1, 0.15) is 11.9 Å². The molecule has 0 N–H and O–H groups in total. The van der Waals surface area contributed by atoms with Gasteiger partial charge in [-0.1, -0.05) is 6.07 Å². The summed E-state index contributed by atoms with van der Waals surface area (Å²) in [6.07, 6.45) is -0.246. The van der Waals surface area contributed by atoms with Crippen LogP contribution in [0.3, 0.4) is 0 Å². The van der Waals surface area contributed by atoms with Gasteiger partial charge in [-0.05, 0) is 47.5 Å². The van der Waals surface area contributed by atoms with Crippen molar-refractivity contribution in [3.05, 3.63) is 28.2 Å². The first kappa shape index (κ1) is 18.5. The van der Waals surface area contributed by atoms with Gasteiger partial charge in [-0.3, -0.25) is 9.36 Å². The Bertz CT molecular complexity index is 610. The zero-order valence-corrected chi connectivity index (χ0v) is 15.8. The molecule has 0 spiro atoms. The largest absolute Gasteiger partial charge is 0.496 e. The van der Waals surface area contributed by atoms with Crippen LogP contribution in [0.4, 0.5) is 0 Å². The van der Waals surface area contributed by atoms with Crippen LogP contribution in [0, 0.1) is 0 Å². The molecule has 23 heavy (non-hydrogen) atoms. The Labute approximate surface area is 144 Å². The lowest BCUT2D eigenvalue weighted by Gasteiger charge is -2.20. The van der Waals surface area contributed by atoms with Crippen LogP contribution in [0.5, 0.6) is 5.75 Å². The third kappa shape index (κ3) is 3.97. The quantitative estimate of drug-likeness (QED) is 0.501. The van der Waals surface area contributed by atoms with Crippen LogP contribution >= 0.6 is 23.5 Å². The summed E-state index contributed by atoms with van der Waals surface area (Å²) in [5, 5.41) is 0. The Morgan fingerprint density at radius 2 is 1.96 bits per heavy atom. The third-order valence-electron chi connectivity index (χ3n) is 3.51. The van der Waals surface area contributed by atoms with Gasteiger partial charge < -0.3 is 18.5 Å². The van der Waals surface area contributed by atoms with Crippen LogP contribution in [-0.2, 0) is 23.1 Å². The number of rotatable bonds is 7. The molecule has 0 aliphatic carbocycles. The number of hydrogen-bond acceptors (Lipinski definition) is 6. The first-order chi connectivity index (χ1) is 10.9. The van der Waals surface area contributed by atoms with E-state index in [9.17, 15) is 9.36 Å². The molecule has 1 aliphatic heterocycles. The monoisotopic (exact) mass is 406 g/mol. The number of cyclic esters (lactones) is 1. The van der Waals surface area contributed by atoms with E-state index in [0.717, 1.165) is 10.0 Å². The van der Waals surface area contributed by atoms with Crippen LogP contribution in [-0.4, -0.2) is 32.0 Å².